The molecule has 2 rings (SSSR count). The Kier molecular flexibility index (Phi) is 8.34. The van der Waals surface area contributed by atoms with Crippen molar-refractivity contribution < 1.29 is 9.47 Å². The van der Waals surface area contributed by atoms with Crippen molar-refractivity contribution in [2.75, 3.05) is 26.3 Å². The van der Waals surface area contributed by atoms with E-state index >= 15 is 0 Å². The van der Waals surface area contributed by atoms with Gasteiger partial charge < -0.3 is 15.2 Å². The first-order chi connectivity index (χ1) is 11.0. The lowest BCUT2D eigenvalue weighted by atomic mass is 9.79. The van der Waals surface area contributed by atoms with Gasteiger partial charge >= 0.3 is 0 Å². The molecule has 1 saturated heterocycles. The molecule has 138 valence electrons. The average Bonchev–Trinajstić information content (AvgIpc) is 2.50. The Bertz CT molecular complexity index is 508. The number of piperidine rings is 1. The smallest absolute Gasteiger partial charge is 0.161 e. The lowest BCUT2D eigenvalue weighted by molar-refractivity contribution is 0.0898. The largest absolute Gasteiger partial charge is 0.490 e. The molecule has 0 radical (unpaired) electrons. The lowest BCUT2D eigenvalue weighted by Crippen LogP contribution is -2.52. The van der Waals surface area contributed by atoms with Gasteiger partial charge in [0.15, 0.2) is 11.5 Å². The minimum atomic E-state index is 0. The average molecular weight is 357 g/mol. The Hall–Kier alpha value is -0.970. The fourth-order valence-corrected chi connectivity index (χ4v) is 3.13. The van der Waals surface area contributed by atoms with Gasteiger partial charge in [-0.2, -0.15) is 0 Å². The highest BCUT2D eigenvalue weighted by Gasteiger charge is 2.33. The molecule has 1 fully saturated rings. The number of benzene rings is 1. The molecular formula is C19H33ClN2O2. The van der Waals surface area contributed by atoms with Crippen molar-refractivity contribution in [3.8, 4) is 11.5 Å². The summed E-state index contributed by atoms with van der Waals surface area (Å²) in [5.41, 5.74) is 7.67. The maximum atomic E-state index is 6.23. The van der Waals surface area contributed by atoms with E-state index in [2.05, 4.69) is 37.8 Å². The Morgan fingerprint density at radius 1 is 1.21 bits per heavy atom. The van der Waals surface area contributed by atoms with E-state index in [0.29, 0.717) is 12.6 Å². The van der Waals surface area contributed by atoms with Gasteiger partial charge in [0.2, 0.25) is 0 Å². The van der Waals surface area contributed by atoms with Gasteiger partial charge in [0, 0.05) is 25.7 Å². The van der Waals surface area contributed by atoms with Gasteiger partial charge in [-0.25, -0.2) is 0 Å². The van der Waals surface area contributed by atoms with Crippen LogP contribution < -0.4 is 15.2 Å². The Balaban J connectivity index is 0.00000288. The van der Waals surface area contributed by atoms with E-state index in [-0.39, 0.29) is 17.8 Å². The van der Waals surface area contributed by atoms with Crippen molar-refractivity contribution >= 4 is 12.4 Å². The summed E-state index contributed by atoms with van der Waals surface area (Å²) >= 11 is 0. The summed E-state index contributed by atoms with van der Waals surface area (Å²) in [6.45, 7) is 13.0. The van der Waals surface area contributed by atoms with Crippen molar-refractivity contribution in [1.82, 2.24) is 4.90 Å². The zero-order chi connectivity index (χ0) is 16.9. The van der Waals surface area contributed by atoms with E-state index in [1.54, 1.807) is 0 Å². The number of hydrogen-bond acceptors (Lipinski definition) is 4. The second kappa shape index (κ2) is 9.50. The molecular weight excluding hydrogens is 324 g/mol. The Labute approximate surface area is 153 Å². The van der Waals surface area contributed by atoms with Crippen molar-refractivity contribution in [3.05, 3.63) is 23.8 Å². The van der Waals surface area contributed by atoms with Crippen LogP contribution in [-0.4, -0.2) is 37.2 Å². The molecule has 24 heavy (non-hydrogen) atoms. The van der Waals surface area contributed by atoms with Crippen LogP contribution in [0.2, 0.25) is 0 Å². The third kappa shape index (κ3) is 5.54. The van der Waals surface area contributed by atoms with Crippen LogP contribution in [0.5, 0.6) is 11.5 Å². The third-order valence-corrected chi connectivity index (χ3v) is 4.57. The molecule has 0 amide bonds. The molecule has 5 heteroatoms. The standard InChI is InChI=1S/C19H32N2O2.ClH/c1-5-11-23-16-8-7-15(12-17(16)22-6-2)13-21-10-9-18(20)19(3,4)14-21;/h7-8,12,18H,5-6,9-11,13-14,20H2,1-4H3;1H. The summed E-state index contributed by atoms with van der Waals surface area (Å²) in [5.74, 6) is 1.70. The van der Waals surface area contributed by atoms with Crippen LogP contribution in [0.15, 0.2) is 18.2 Å². The van der Waals surface area contributed by atoms with Gasteiger partial charge in [-0.15, -0.1) is 12.4 Å². The second-order valence-electron chi connectivity index (χ2n) is 7.16. The van der Waals surface area contributed by atoms with Crippen LogP contribution in [0.4, 0.5) is 0 Å². The minimum Gasteiger partial charge on any atom is -0.490 e. The van der Waals surface area contributed by atoms with Gasteiger partial charge in [-0.05, 0) is 42.9 Å². The molecule has 1 heterocycles. The molecule has 1 aliphatic rings. The molecule has 1 unspecified atom stereocenters. The third-order valence-electron chi connectivity index (χ3n) is 4.57. The lowest BCUT2D eigenvalue weighted by Gasteiger charge is -2.42. The fourth-order valence-electron chi connectivity index (χ4n) is 3.13. The number of nitrogens with two attached hydrogens (primary N) is 1. The van der Waals surface area contributed by atoms with E-state index in [4.69, 9.17) is 15.2 Å². The van der Waals surface area contributed by atoms with E-state index in [9.17, 15) is 0 Å². The summed E-state index contributed by atoms with van der Waals surface area (Å²) in [5, 5.41) is 0. The van der Waals surface area contributed by atoms with Gasteiger partial charge in [-0.1, -0.05) is 26.8 Å². The minimum absolute atomic E-state index is 0. The summed E-state index contributed by atoms with van der Waals surface area (Å²) < 4.78 is 11.5. The zero-order valence-electron chi connectivity index (χ0n) is 15.5. The van der Waals surface area contributed by atoms with Crippen LogP contribution in [0.3, 0.4) is 0 Å². The molecule has 0 bridgehead atoms. The number of nitrogens with zero attached hydrogens (tertiary/aromatic N) is 1. The predicted molar refractivity (Wildman–Crippen MR) is 102 cm³/mol. The number of hydrogen-bond donors (Lipinski definition) is 1. The maximum Gasteiger partial charge on any atom is 0.161 e. The summed E-state index contributed by atoms with van der Waals surface area (Å²) in [6, 6.07) is 6.60. The van der Waals surface area contributed by atoms with Crippen molar-refractivity contribution in [2.24, 2.45) is 11.1 Å². The van der Waals surface area contributed by atoms with E-state index in [1.807, 2.05) is 13.0 Å². The van der Waals surface area contributed by atoms with Crippen molar-refractivity contribution in [3.63, 3.8) is 0 Å². The van der Waals surface area contributed by atoms with Crippen LogP contribution >= 0.6 is 12.4 Å². The molecule has 1 aromatic carbocycles. The van der Waals surface area contributed by atoms with Gasteiger partial charge in [0.25, 0.3) is 0 Å². The zero-order valence-corrected chi connectivity index (χ0v) is 16.3. The molecule has 0 saturated carbocycles. The Morgan fingerprint density at radius 2 is 1.96 bits per heavy atom. The number of rotatable bonds is 7. The van der Waals surface area contributed by atoms with Crippen molar-refractivity contribution in [1.29, 1.82) is 0 Å². The van der Waals surface area contributed by atoms with Crippen LogP contribution in [0, 0.1) is 5.41 Å². The molecule has 1 atom stereocenters. The SMILES string of the molecule is CCCOc1ccc(CN2CCC(N)C(C)(C)C2)cc1OCC.Cl. The highest BCUT2D eigenvalue weighted by molar-refractivity contribution is 5.85. The fraction of sp³-hybridized carbons (Fsp3) is 0.684. The van der Waals surface area contributed by atoms with E-state index < -0.39 is 0 Å². The van der Waals surface area contributed by atoms with Gasteiger partial charge in [0.05, 0.1) is 13.2 Å². The highest BCUT2D eigenvalue weighted by Crippen LogP contribution is 2.31. The van der Waals surface area contributed by atoms with Gasteiger partial charge in [-0.3, -0.25) is 4.90 Å². The van der Waals surface area contributed by atoms with Crippen molar-refractivity contribution in [2.45, 2.75) is 53.1 Å². The molecule has 1 aliphatic heterocycles. The second-order valence-corrected chi connectivity index (χ2v) is 7.16. The van der Waals surface area contributed by atoms with E-state index in [0.717, 1.165) is 50.6 Å². The number of likely N-dealkylation sites (tertiary alicyclic amines) is 1. The monoisotopic (exact) mass is 356 g/mol. The molecule has 0 spiro atoms. The number of ether oxygens (including phenoxy) is 2. The van der Waals surface area contributed by atoms with E-state index in [1.165, 1.54) is 5.56 Å². The van der Waals surface area contributed by atoms with Crippen LogP contribution in [0.1, 0.15) is 46.1 Å². The molecule has 0 aromatic heterocycles. The molecule has 1 aromatic rings. The molecule has 2 N–H and O–H groups in total. The predicted octanol–water partition coefficient (Wildman–Crippen LogP) is 3.86. The van der Waals surface area contributed by atoms with Gasteiger partial charge in [0.1, 0.15) is 0 Å². The molecule has 0 aliphatic carbocycles. The maximum absolute atomic E-state index is 6.23. The van der Waals surface area contributed by atoms with Crippen LogP contribution in [-0.2, 0) is 6.54 Å². The summed E-state index contributed by atoms with van der Waals surface area (Å²) in [7, 11) is 0. The summed E-state index contributed by atoms with van der Waals surface area (Å²) in [4.78, 5) is 2.49. The summed E-state index contributed by atoms with van der Waals surface area (Å²) in [6.07, 6.45) is 2.06. The first-order valence-electron chi connectivity index (χ1n) is 8.82. The Morgan fingerprint density at radius 3 is 2.58 bits per heavy atom. The first kappa shape index (κ1) is 21.1. The topological polar surface area (TPSA) is 47.7 Å². The normalized spacial score (nSPS) is 20.3. The van der Waals surface area contributed by atoms with Crippen LogP contribution in [0.25, 0.3) is 0 Å². The highest BCUT2D eigenvalue weighted by atomic mass is 35.5. The molecule has 4 nitrogen and oxygen atoms in total. The first-order valence-corrected chi connectivity index (χ1v) is 8.82. The number of halogens is 1. The quantitative estimate of drug-likeness (QED) is 0.806.